The molecular weight excluding hydrogens is 276 g/mol. The first-order valence-corrected chi connectivity index (χ1v) is 8.58. The maximum Gasteiger partial charge on any atom is 0.326 e. The highest BCUT2D eigenvalue weighted by molar-refractivity contribution is 7.98. The van der Waals surface area contributed by atoms with E-state index in [1.165, 1.54) is 0 Å². The van der Waals surface area contributed by atoms with E-state index in [2.05, 4.69) is 19.2 Å². The van der Waals surface area contributed by atoms with Gasteiger partial charge in [0.05, 0.1) is 0 Å². The van der Waals surface area contributed by atoms with Crippen molar-refractivity contribution in [3.63, 3.8) is 0 Å². The molecule has 0 aliphatic carbocycles. The largest absolute Gasteiger partial charge is 0.480 e. The number of carbonyl (C=O) groups excluding carboxylic acids is 1. The van der Waals surface area contributed by atoms with Crippen LogP contribution in [0.5, 0.6) is 0 Å². The van der Waals surface area contributed by atoms with Crippen LogP contribution < -0.4 is 5.32 Å². The molecule has 2 amide bonds. The van der Waals surface area contributed by atoms with Crippen molar-refractivity contribution in [2.75, 3.05) is 25.1 Å². The van der Waals surface area contributed by atoms with Crippen LogP contribution in [-0.4, -0.2) is 53.1 Å². The molecule has 20 heavy (non-hydrogen) atoms. The molecule has 1 saturated heterocycles. The van der Waals surface area contributed by atoms with E-state index in [1.807, 2.05) is 6.26 Å². The third-order valence-electron chi connectivity index (χ3n) is 4.32. The zero-order valence-corrected chi connectivity index (χ0v) is 13.5. The topological polar surface area (TPSA) is 69.6 Å². The fourth-order valence-electron chi connectivity index (χ4n) is 2.34. The van der Waals surface area contributed by atoms with Gasteiger partial charge in [0, 0.05) is 13.1 Å². The molecule has 6 heteroatoms. The number of carboxylic acid groups (broad SMARTS) is 1. The highest BCUT2D eigenvalue weighted by Crippen LogP contribution is 2.33. The van der Waals surface area contributed by atoms with Crippen molar-refractivity contribution in [3.05, 3.63) is 0 Å². The molecule has 0 saturated carbocycles. The van der Waals surface area contributed by atoms with E-state index >= 15 is 0 Å². The van der Waals surface area contributed by atoms with Gasteiger partial charge in [-0.25, -0.2) is 9.59 Å². The average Bonchev–Trinajstić information content (AvgIpc) is 2.43. The number of likely N-dealkylation sites (tertiary alicyclic amines) is 1. The number of thioether (sulfide) groups is 1. The minimum Gasteiger partial charge on any atom is -0.480 e. The molecule has 1 atom stereocenters. The van der Waals surface area contributed by atoms with Crippen molar-refractivity contribution in [2.24, 2.45) is 5.41 Å². The van der Waals surface area contributed by atoms with E-state index in [0.29, 0.717) is 24.9 Å². The van der Waals surface area contributed by atoms with Crippen LogP contribution in [0.1, 0.15) is 39.5 Å². The number of rotatable bonds is 6. The summed E-state index contributed by atoms with van der Waals surface area (Å²) in [6.45, 7) is 5.86. The first-order chi connectivity index (χ1) is 9.41. The maximum absolute atomic E-state index is 12.1. The Bertz CT molecular complexity index is 341. The number of amides is 2. The molecular formula is C14H26N2O3S. The van der Waals surface area contributed by atoms with Gasteiger partial charge in [-0.1, -0.05) is 20.3 Å². The summed E-state index contributed by atoms with van der Waals surface area (Å²) in [5, 5.41) is 11.8. The lowest BCUT2D eigenvalue weighted by Gasteiger charge is -2.39. The molecule has 0 spiro atoms. The van der Waals surface area contributed by atoms with Crippen molar-refractivity contribution in [1.29, 1.82) is 0 Å². The number of carbonyl (C=O) groups is 2. The summed E-state index contributed by atoms with van der Waals surface area (Å²) in [5.41, 5.74) is 0.321. The number of nitrogens with zero attached hydrogens (tertiary/aromatic N) is 1. The van der Waals surface area contributed by atoms with Gasteiger partial charge in [-0.05, 0) is 36.7 Å². The monoisotopic (exact) mass is 302 g/mol. The zero-order valence-electron chi connectivity index (χ0n) is 12.6. The highest BCUT2D eigenvalue weighted by Gasteiger charge is 2.31. The SMILES string of the molecule is CCC1(C)CCN(C(=O)NC(CCSC)C(=O)O)CC1. The van der Waals surface area contributed by atoms with Crippen molar-refractivity contribution >= 4 is 23.8 Å². The van der Waals surface area contributed by atoms with Crippen molar-refractivity contribution in [2.45, 2.75) is 45.6 Å². The smallest absolute Gasteiger partial charge is 0.326 e. The summed E-state index contributed by atoms with van der Waals surface area (Å²) in [4.78, 5) is 25.0. The van der Waals surface area contributed by atoms with Crippen LogP contribution >= 0.6 is 11.8 Å². The summed E-state index contributed by atoms with van der Waals surface area (Å²) in [6.07, 6.45) is 5.48. The third kappa shape index (κ3) is 4.89. The van der Waals surface area contributed by atoms with Gasteiger partial charge in [0.1, 0.15) is 6.04 Å². The Balaban J connectivity index is 2.47. The number of hydrogen-bond donors (Lipinski definition) is 2. The quantitative estimate of drug-likeness (QED) is 0.790. The Hall–Kier alpha value is -0.910. The average molecular weight is 302 g/mol. The van der Waals surface area contributed by atoms with Crippen LogP contribution in [-0.2, 0) is 4.79 Å². The van der Waals surface area contributed by atoms with Gasteiger partial charge in [-0.2, -0.15) is 11.8 Å². The van der Waals surface area contributed by atoms with Gasteiger partial charge < -0.3 is 15.3 Å². The minimum atomic E-state index is -0.956. The van der Waals surface area contributed by atoms with Crippen molar-refractivity contribution < 1.29 is 14.7 Å². The summed E-state index contributed by atoms with van der Waals surface area (Å²) in [5.74, 6) is -0.228. The fraction of sp³-hybridized carbons (Fsp3) is 0.857. The maximum atomic E-state index is 12.1. The first kappa shape index (κ1) is 17.1. The summed E-state index contributed by atoms with van der Waals surface area (Å²) >= 11 is 1.58. The van der Waals surface area contributed by atoms with Gasteiger partial charge >= 0.3 is 12.0 Å². The second-order valence-corrected chi connectivity index (χ2v) is 6.76. The number of nitrogens with one attached hydrogen (secondary N) is 1. The number of piperidine rings is 1. The van der Waals surface area contributed by atoms with Crippen LogP contribution in [0.3, 0.4) is 0 Å². The Morgan fingerprint density at radius 1 is 1.40 bits per heavy atom. The molecule has 0 aromatic carbocycles. The van der Waals surface area contributed by atoms with Crippen LogP contribution in [0, 0.1) is 5.41 Å². The Kier molecular flexibility index (Phi) is 6.65. The van der Waals surface area contributed by atoms with Gasteiger partial charge in [0.2, 0.25) is 0 Å². The highest BCUT2D eigenvalue weighted by atomic mass is 32.2. The molecule has 1 unspecified atom stereocenters. The molecule has 1 aliphatic heterocycles. The normalized spacial score (nSPS) is 19.4. The van der Waals surface area contributed by atoms with Gasteiger partial charge in [-0.3, -0.25) is 0 Å². The number of hydrogen-bond acceptors (Lipinski definition) is 3. The lowest BCUT2D eigenvalue weighted by molar-refractivity contribution is -0.139. The standard InChI is InChI=1S/C14H26N2O3S/c1-4-14(2)6-8-16(9-7-14)13(19)15-11(12(17)18)5-10-20-3/h11H,4-10H2,1-3H3,(H,15,19)(H,17,18). The second-order valence-electron chi connectivity index (χ2n) is 5.77. The van der Waals surface area contributed by atoms with E-state index < -0.39 is 12.0 Å². The Morgan fingerprint density at radius 3 is 2.45 bits per heavy atom. The van der Waals surface area contributed by atoms with Crippen molar-refractivity contribution in [1.82, 2.24) is 10.2 Å². The zero-order chi connectivity index (χ0) is 15.2. The fourth-order valence-corrected chi connectivity index (χ4v) is 2.81. The van der Waals surface area contributed by atoms with Crippen LogP contribution in [0.2, 0.25) is 0 Å². The lowest BCUT2D eigenvalue weighted by atomic mass is 9.78. The third-order valence-corrected chi connectivity index (χ3v) is 4.96. The molecule has 1 aliphatic rings. The minimum absolute atomic E-state index is 0.239. The van der Waals surface area contributed by atoms with E-state index in [-0.39, 0.29) is 6.03 Å². The molecule has 1 heterocycles. The van der Waals surface area contributed by atoms with E-state index in [1.54, 1.807) is 16.7 Å². The molecule has 0 radical (unpaired) electrons. The number of urea groups is 1. The molecule has 5 nitrogen and oxygen atoms in total. The van der Waals surface area contributed by atoms with Gasteiger partial charge in [-0.15, -0.1) is 0 Å². The lowest BCUT2D eigenvalue weighted by Crippen LogP contribution is -2.51. The van der Waals surface area contributed by atoms with Gasteiger partial charge in [0.15, 0.2) is 0 Å². The first-order valence-electron chi connectivity index (χ1n) is 7.19. The molecule has 116 valence electrons. The Morgan fingerprint density at radius 2 is 2.00 bits per heavy atom. The molecule has 0 aromatic heterocycles. The summed E-state index contributed by atoms with van der Waals surface area (Å²) in [7, 11) is 0. The second kappa shape index (κ2) is 7.76. The van der Waals surface area contributed by atoms with Crippen molar-refractivity contribution in [3.8, 4) is 0 Å². The molecule has 2 N–H and O–H groups in total. The molecule has 0 bridgehead atoms. The van der Waals surface area contributed by atoms with Gasteiger partial charge in [0.25, 0.3) is 0 Å². The van der Waals surface area contributed by atoms with Crippen LogP contribution in [0.4, 0.5) is 4.79 Å². The predicted molar refractivity (Wildman–Crippen MR) is 82.2 cm³/mol. The molecule has 1 rings (SSSR count). The molecule has 0 aromatic rings. The van der Waals surface area contributed by atoms with E-state index in [0.717, 1.165) is 25.0 Å². The van der Waals surface area contributed by atoms with E-state index in [4.69, 9.17) is 5.11 Å². The van der Waals surface area contributed by atoms with Crippen LogP contribution in [0.15, 0.2) is 0 Å². The summed E-state index contributed by atoms with van der Waals surface area (Å²) in [6, 6.07) is -1.02. The number of carboxylic acids is 1. The molecule has 1 fully saturated rings. The Labute approximate surface area is 125 Å². The number of aliphatic carboxylic acids is 1. The van der Waals surface area contributed by atoms with Crippen LogP contribution in [0.25, 0.3) is 0 Å². The predicted octanol–water partition coefficient (Wildman–Crippen LogP) is 2.41. The summed E-state index contributed by atoms with van der Waals surface area (Å²) < 4.78 is 0. The van der Waals surface area contributed by atoms with E-state index in [9.17, 15) is 9.59 Å².